The molecule has 2 atom stereocenters. The molecule has 30 heavy (non-hydrogen) atoms. The number of urea groups is 1. The average molecular weight is 424 g/mol. The van der Waals surface area contributed by atoms with Crippen molar-refractivity contribution in [2.45, 2.75) is 39.2 Å². The highest BCUT2D eigenvalue weighted by Gasteiger charge is 2.32. The van der Waals surface area contributed by atoms with Crippen molar-refractivity contribution in [2.24, 2.45) is 0 Å². The van der Waals surface area contributed by atoms with Crippen molar-refractivity contribution in [3.8, 4) is 0 Å². The molecule has 1 aliphatic rings. The number of quaternary nitrogens is 1. The third kappa shape index (κ3) is 4.68. The summed E-state index contributed by atoms with van der Waals surface area (Å²) >= 11 is 1.71. The van der Waals surface area contributed by atoms with Gasteiger partial charge in [0.25, 0.3) is 5.91 Å². The minimum atomic E-state index is -0.486. The third-order valence-electron chi connectivity index (χ3n) is 5.61. The van der Waals surface area contributed by atoms with Crippen LogP contribution in [-0.4, -0.2) is 30.0 Å². The highest BCUT2D eigenvalue weighted by molar-refractivity contribution is 7.18. The van der Waals surface area contributed by atoms with Gasteiger partial charge < -0.3 is 10.2 Å². The van der Waals surface area contributed by atoms with E-state index in [4.69, 9.17) is 4.98 Å². The fourth-order valence-corrected chi connectivity index (χ4v) is 5.27. The van der Waals surface area contributed by atoms with Gasteiger partial charge in [-0.1, -0.05) is 29.8 Å². The second-order valence-corrected chi connectivity index (χ2v) is 9.04. The van der Waals surface area contributed by atoms with E-state index in [0.29, 0.717) is 5.69 Å². The van der Waals surface area contributed by atoms with Gasteiger partial charge in [-0.2, -0.15) is 0 Å². The van der Waals surface area contributed by atoms with Crippen molar-refractivity contribution in [2.75, 3.05) is 18.4 Å². The van der Waals surface area contributed by atoms with E-state index in [0.717, 1.165) is 47.5 Å². The van der Waals surface area contributed by atoms with Gasteiger partial charge in [0.05, 0.1) is 16.8 Å². The Morgan fingerprint density at radius 3 is 2.80 bits per heavy atom. The van der Waals surface area contributed by atoms with E-state index in [1.807, 2.05) is 50.2 Å². The van der Waals surface area contributed by atoms with Gasteiger partial charge in [-0.25, -0.2) is 9.78 Å². The van der Waals surface area contributed by atoms with Crippen LogP contribution in [-0.2, 0) is 4.79 Å². The van der Waals surface area contributed by atoms with Crippen LogP contribution in [0.5, 0.6) is 0 Å². The first-order chi connectivity index (χ1) is 14.5. The number of carbonyl (C=O) groups excluding carboxylic acids is 2. The molecule has 2 heterocycles. The van der Waals surface area contributed by atoms with E-state index in [2.05, 4.69) is 16.7 Å². The lowest BCUT2D eigenvalue weighted by Gasteiger charge is -2.30. The number of thiazole rings is 1. The molecule has 2 aromatic carbocycles. The SMILES string of the molecule is Cc1ccc(NC(=O)NC(=O)C[NH+]2CCCC[C@@H]2c2nc3ccccc3s2)c(C)c1. The Labute approximate surface area is 180 Å². The number of rotatable bonds is 4. The Kier molecular flexibility index (Phi) is 6.11. The lowest BCUT2D eigenvalue weighted by molar-refractivity contribution is -0.929. The number of nitrogens with zero attached hydrogens (tertiary/aromatic N) is 1. The quantitative estimate of drug-likeness (QED) is 0.602. The predicted molar refractivity (Wildman–Crippen MR) is 120 cm³/mol. The summed E-state index contributed by atoms with van der Waals surface area (Å²) in [6, 6.07) is 13.6. The van der Waals surface area contributed by atoms with Crippen LogP contribution in [0, 0.1) is 13.8 Å². The van der Waals surface area contributed by atoms with Gasteiger partial charge in [-0.15, -0.1) is 11.3 Å². The molecular formula is C23H27N4O2S+. The molecule has 0 aliphatic carbocycles. The number of fused-ring (bicyclic) bond motifs is 1. The number of aryl methyl sites for hydroxylation is 2. The number of amides is 3. The summed E-state index contributed by atoms with van der Waals surface area (Å²) in [4.78, 5) is 30.9. The number of imide groups is 1. The first-order valence-corrected chi connectivity index (χ1v) is 11.2. The van der Waals surface area contributed by atoms with Crippen molar-refractivity contribution in [1.82, 2.24) is 10.3 Å². The van der Waals surface area contributed by atoms with Gasteiger partial charge in [0.1, 0.15) is 6.04 Å². The molecule has 3 amide bonds. The normalized spacial score (nSPS) is 18.9. The Bertz CT molecular complexity index is 1050. The molecule has 0 saturated carbocycles. The fourth-order valence-electron chi connectivity index (χ4n) is 4.11. The molecule has 3 aromatic rings. The second-order valence-electron chi connectivity index (χ2n) is 7.97. The molecule has 1 aliphatic heterocycles. The summed E-state index contributed by atoms with van der Waals surface area (Å²) in [6.07, 6.45) is 3.23. The van der Waals surface area contributed by atoms with Crippen molar-refractivity contribution >= 4 is 39.2 Å². The standard InChI is InChI=1S/C23H26N4O2S/c1-15-10-11-17(16(2)13-15)25-23(29)26-21(28)14-27-12-6-5-8-19(27)22-24-18-7-3-4-9-20(18)30-22/h3-4,7,9-11,13,19H,5-6,8,12,14H2,1-2H3,(H2,25,26,28,29)/p+1/t19-/m1/s1. The van der Waals surface area contributed by atoms with E-state index < -0.39 is 6.03 Å². The molecule has 1 saturated heterocycles. The van der Waals surface area contributed by atoms with Crippen molar-refractivity contribution in [3.05, 3.63) is 58.6 Å². The maximum atomic E-state index is 12.6. The summed E-state index contributed by atoms with van der Waals surface area (Å²) in [5.41, 5.74) is 3.82. The topological polar surface area (TPSA) is 75.5 Å². The van der Waals surface area contributed by atoms with Crippen molar-refractivity contribution in [3.63, 3.8) is 0 Å². The summed E-state index contributed by atoms with van der Waals surface area (Å²) in [7, 11) is 0. The summed E-state index contributed by atoms with van der Waals surface area (Å²) in [5.74, 6) is -0.264. The lowest BCUT2D eigenvalue weighted by Crippen LogP contribution is -3.14. The number of hydrogen-bond acceptors (Lipinski definition) is 4. The van der Waals surface area contributed by atoms with Crippen LogP contribution in [0.3, 0.4) is 0 Å². The first kappa shape index (κ1) is 20.5. The van der Waals surface area contributed by atoms with Crippen LogP contribution in [0.2, 0.25) is 0 Å². The number of benzene rings is 2. The highest BCUT2D eigenvalue weighted by atomic mass is 32.1. The van der Waals surface area contributed by atoms with E-state index in [1.165, 1.54) is 9.60 Å². The van der Waals surface area contributed by atoms with Gasteiger partial charge in [0.15, 0.2) is 11.6 Å². The lowest BCUT2D eigenvalue weighted by atomic mass is 10.0. The van der Waals surface area contributed by atoms with Gasteiger partial charge in [0, 0.05) is 12.1 Å². The maximum Gasteiger partial charge on any atom is 0.326 e. The van der Waals surface area contributed by atoms with Gasteiger partial charge >= 0.3 is 6.03 Å². The molecule has 7 heteroatoms. The maximum absolute atomic E-state index is 12.6. The Balaban J connectivity index is 1.40. The average Bonchev–Trinajstić information content (AvgIpc) is 3.14. The minimum Gasteiger partial charge on any atom is -0.319 e. The highest BCUT2D eigenvalue weighted by Crippen LogP contribution is 2.28. The molecule has 156 valence electrons. The number of likely N-dealkylation sites (tertiary alicyclic amines) is 1. The molecule has 1 aromatic heterocycles. The van der Waals surface area contributed by atoms with Crippen LogP contribution in [0.25, 0.3) is 10.2 Å². The Hall–Kier alpha value is -2.77. The molecule has 1 unspecified atom stereocenters. The number of para-hydroxylation sites is 1. The van der Waals surface area contributed by atoms with Crippen LogP contribution in [0.1, 0.15) is 41.4 Å². The zero-order valence-corrected chi connectivity index (χ0v) is 18.1. The van der Waals surface area contributed by atoms with Gasteiger partial charge in [-0.05, 0) is 50.5 Å². The molecule has 3 N–H and O–H groups in total. The number of piperidine rings is 1. The second kappa shape index (κ2) is 8.93. The molecule has 0 radical (unpaired) electrons. The first-order valence-electron chi connectivity index (χ1n) is 10.4. The minimum absolute atomic E-state index is 0.198. The molecule has 1 fully saturated rings. The van der Waals surface area contributed by atoms with Crippen LogP contribution >= 0.6 is 11.3 Å². The zero-order valence-electron chi connectivity index (χ0n) is 17.3. The monoisotopic (exact) mass is 423 g/mol. The molecular weight excluding hydrogens is 396 g/mol. The Morgan fingerprint density at radius 2 is 2.00 bits per heavy atom. The molecule has 4 rings (SSSR count). The number of aromatic nitrogens is 1. The molecule has 0 spiro atoms. The van der Waals surface area contributed by atoms with Crippen LogP contribution in [0.4, 0.5) is 10.5 Å². The summed E-state index contributed by atoms with van der Waals surface area (Å²) in [6.45, 7) is 5.11. The smallest absolute Gasteiger partial charge is 0.319 e. The number of nitrogens with one attached hydrogen (secondary N) is 3. The summed E-state index contributed by atoms with van der Waals surface area (Å²) < 4.78 is 1.18. The Morgan fingerprint density at radius 1 is 1.17 bits per heavy atom. The van der Waals surface area contributed by atoms with E-state index in [9.17, 15) is 9.59 Å². The van der Waals surface area contributed by atoms with Gasteiger partial charge in [0.2, 0.25) is 0 Å². The van der Waals surface area contributed by atoms with Crippen LogP contribution < -0.4 is 15.5 Å². The molecule has 6 nitrogen and oxygen atoms in total. The predicted octanol–water partition coefficient (Wildman–Crippen LogP) is 3.37. The number of hydrogen-bond donors (Lipinski definition) is 3. The summed E-state index contributed by atoms with van der Waals surface area (Å²) in [5, 5.41) is 6.35. The van der Waals surface area contributed by atoms with Crippen molar-refractivity contribution < 1.29 is 14.5 Å². The zero-order chi connectivity index (χ0) is 21.1. The van der Waals surface area contributed by atoms with E-state index in [-0.39, 0.29) is 18.5 Å². The number of anilines is 1. The van der Waals surface area contributed by atoms with E-state index >= 15 is 0 Å². The third-order valence-corrected chi connectivity index (χ3v) is 6.76. The van der Waals surface area contributed by atoms with Gasteiger partial charge in [-0.3, -0.25) is 10.1 Å². The van der Waals surface area contributed by atoms with E-state index in [1.54, 1.807) is 11.3 Å². The largest absolute Gasteiger partial charge is 0.326 e. The van der Waals surface area contributed by atoms with Crippen molar-refractivity contribution in [1.29, 1.82) is 0 Å². The molecule has 0 bridgehead atoms. The van der Waals surface area contributed by atoms with Crippen LogP contribution in [0.15, 0.2) is 42.5 Å². The fraction of sp³-hybridized carbons (Fsp3) is 0.348. The number of carbonyl (C=O) groups is 2.